The minimum Gasteiger partial charge on any atom is -0.302 e. The molecular weight excluding hydrogens is 231 g/mol. The minimum atomic E-state index is -4.18. The van der Waals surface area contributed by atoms with Gasteiger partial charge in [0, 0.05) is 5.92 Å². The van der Waals surface area contributed by atoms with Gasteiger partial charge in [0.15, 0.2) is 0 Å². The van der Waals surface area contributed by atoms with Crippen molar-refractivity contribution in [2.24, 2.45) is 5.92 Å². The summed E-state index contributed by atoms with van der Waals surface area (Å²) >= 11 is 0. The lowest BCUT2D eigenvalue weighted by molar-refractivity contribution is -0.232. The third kappa shape index (κ3) is 2.74. The van der Waals surface area contributed by atoms with Crippen LogP contribution in [0.2, 0.25) is 0 Å². The highest BCUT2D eigenvalue weighted by molar-refractivity contribution is 4.94. The van der Waals surface area contributed by atoms with Crippen LogP contribution >= 0.6 is 0 Å². The van der Waals surface area contributed by atoms with Crippen LogP contribution in [0.4, 0.5) is 13.2 Å². The Morgan fingerprint density at radius 2 is 1.65 bits per heavy atom. The molecule has 0 aromatic carbocycles. The van der Waals surface area contributed by atoms with Crippen LogP contribution in [0.1, 0.15) is 20.8 Å². The molecule has 1 aliphatic heterocycles. The van der Waals surface area contributed by atoms with Gasteiger partial charge in [-0.2, -0.15) is 13.2 Å². The number of hydrogen-bond acceptors (Lipinski definition) is 3. The van der Waals surface area contributed by atoms with Crippen molar-refractivity contribution in [1.29, 1.82) is 0 Å². The summed E-state index contributed by atoms with van der Waals surface area (Å²) in [7, 11) is 3.40. The number of halogens is 3. The molecule has 1 saturated heterocycles. The summed E-state index contributed by atoms with van der Waals surface area (Å²) < 4.78 is 39.2. The van der Waals surface area contributed by atoms with Crippen molar-refractivity contribution in [1.82, 2.24) is 15.1 Å². The molecule has 0 aliphatic carbocycles. The predicted molar refractivity (Wildman–Crippen MR) is 61.5 cm³/mol. The van der Waals surface area contributed by atoms with Crippen molar-refractivity contribution < 1.29 is 13.2 Å². The molecule has 0 amide bonds. The Bertz CT molecular complexity index is 257. The largest absolute Gasteiger partial charge is 0.404 e. The van der Waals surface area contributed by atoms with E-state index in [2.05, 4.69) is 5.32 Å². The Morgan fingerprint density at radius 3 is 2.06 bits per heavy atom. The van der Waals surface area contributed by atoms with E-state index in [1.165, 1.54) is 11.9 Å². The van der Waals surface area contributed by atoms with Crippen LogP contribution < -0.4 is 5.32 Å². The van der Waals surface area contributed by atoms with Crippen molar-refractivity contribution in [3.8, 4) is 0 Å². The van der Waals surface area contributed by atoms with Crippen LogP contribution in [0, 0.1) is 5.92 Å². The third-order valence-electron chi connectivity index (χ3n) is 3.80. The van der Waals surface area contributed by atoms with Gasteiger partial charge in [0.05, 0.1) is 12.3 Å². The van der Waals surface area contributed by atoms with Gasteiger partial charge in [-0.15, -0.1) is 0 Å². The molecule has 0 bridgehead atoms. The Balaban J connectivity index is 2.98. The van der Waals surface area contributed by atoms with Crippen LogP contribution in [-0.2, 0) is 0 Å². The van der Waals surface area contributed by atoms with E-state index in [9.17, 15) is 13.2 Å². The number of hydrogen-bond donors (Lipinski definition) is 1. The van der Waals surface area contributed by atoms with Crippen LogP contribution in [0.5, 0.6) is 0 Å². The van der Waals surface area contributed by atoms with E-state index in [1.54, 1.807) is 13.8 Å². The second kappa shape index (κ2) is 5.12. The normalized spacial score (nSPS) is 37.4. The lowest BCUT2D eigenvalue weighted by atomic mass is 9.92. The fraction of sp³-hybridized carbons (Fsp3) is 1.00. The highest BCUT2D eigenvalue weighted by Gasteiger charge is 2.53. The number of alkyl halides is 3. The van der Waals surface area contributed by atoms with Gasteiger partial charge in [0.25, 0.3) is 0 Å². The van der Waals surface area contributed by atoms with Crippen molar-refractivity contribution in [3.63, 3.8) is 0 Å². The number of rotatable bonds is 2. The lowest BCUT2D eigenvalue weighted by Gasteiger charge is -2.52. The molecule has 1 rings (SSSR count). The van der Waals surface area contributed by atoms with E-state index in [0.717, 1.165) is 0 Å². The summed E-state index contributed by atoms with van der Waals surface area (Å²) in [6, 6.07) is -1.39. The molecule has 0 aromatic rings. The van der Waals surface area contributed by atoms with Crippen molar-refractivity contribution in [3.05, 3.63) is 0 Å². The Kier molecular flexibility index (Phi) is 4.43. The van der Waals surface area contributed by atoms with E-state index in [-0.39, 0.29) is 12.3 Å². The molecule has 0 aromatic heterocycles. The highest BCUT2D eigenvalue weighted by atomic mass is 19.4. The van der Waals surface area contributed by atoms with E-state index < -0.39 is 18.1 Å². The maximum atomic E-state index is 13.1. The summed E-state index contributed by atoms with van der Waals surface area (Å²) in [5.74, 6) is -0.499. The first kappa shape index (κ1) is 14.7. The molecule has 1 aliphatic rings. The average molecular weight is 253 g/mol. The van der Waals surface area contributed by atoms with Gasteiger partial charge in [-0.1, -0.05) is 13.8 Å². The highest BCUT2D eigenvalue weighted by Crippen LogP contribution is 2.36. The number of nitrogens with zero attached hydrogens (tertiary/aromatic N) is 2. The second-order valence-corrected chi connectivity index (χ2v) is 4.81. The van der Waals surface area contributed by atoms with Crippen molar-refractivity contribution in [2.45, 2.75) is 45.3 Å². The summed E-state index contributed by atoms with van der Waals surface area (Å²) in [6.45, 7) is 6.03. The second-order valence-electron chi connectivity index (χ2n) is 4.81. The maximum absolute atomic E-state index is 13.1. The summed E-state index contributed by atoms with van der Waals surface area (Å²) in [5, 5.41) is 3.14. The molecule has 3 nitrogen and oxygen atoms in total. The lowest BCUT2D eigenvalue weighted by Crippen LogP contribution is -2.69. The third-order valence-corrected chi connectivity index (χ3v) is 3.80. The fourth-order valence-electron chi connectivity index (χ4n) is 2.73. The molecule has 102 valence electrons. The Hall–Kier alpha value is -0.330. The molecule has 6 heteroatoms. The Morgan fingerprint density at radius 1 is 1.12 bits per heavy atom. The molecule has 0 spiro atoms. The van der Waals surface area contributed by atoms with Crippen molar-refractivity contribution in [2.75, 3.05) is 20.6 Å². The minimum absolute atomic E-state index is 0.234. The maximum Gasteiger partial charge on any atom is 0.404 e. The zero-order valence-corrected chi connectivity index (χ0v) is 11.0. The molecule has 0 saturated carbocycles. The first-order valence-corrected chi connectivity index (χ1v) is 5.95. The van der Waals surface area contributed by atoms with Gasteiger partial charge in [-0.05, 0) is 27.6 Å². The molecular formula is C11H22F3N3. The van der Waals surface area contributed by atoms with Crippen LogP contribution in [0.15, 0.2) is 0 Å². The summed E-state index contributed by atoms with van der Waals surface area (Å²) in [6.07, 6.45) is -4.66. The average Bonchev–Trinajstić information content (AvgIpc) is 2.19. The monoisotopic (exact) mass is 253 g/mol. The predicted octanol–water partition coefficient (Wildman–Crippen LogP) is 1.71. The molecule has 4 unspecified atom stereocenters. The van der Waals surface area contributed by atoms with E-state index >= 15 is 0 Å². The van der Waals surface area contributed by atoms with E-state index in [1.807, 2.05) is 18.9 Å². The first-order chi connectivity index (χ1) is 7.71. The molecule has 0 radical (unpaired) electrons. The van der Waals surface area contributed by atoms with Gasteiger partial charge in [-0.25, -0.2) is 0 Å². The van der Waals surface area contributed by atoms with Crippen molar-refractivity contribution >= 4 is 0 Å². The molecule has 1 heterocycles. The molecule has 1 fully saturated rings. The van der Waals surface area contributed by atoms with Crippen LogP contribution in [0.25, 0.3) is 0 Å². The van der Waals surface area contributed by atoms with E-state index in [4.69, 9.17) is 0 Å². The zero-order chi connectivity index (χ0) is 13.4. The molecule has 1 N–H and O–H groups in total. The Labute approximate surface area is 101 Å². The molecule has 4 atom stereocenters. The first-order valence-electron chi connectivity index (χ1n) is 5.95. The van der Waals surface area contributed by atoms with Gasteiger partial charge in [-0.3, -0.25) is 9.80 Å². The topological polar surface area (TPSA) is 18.5 Å². The van der Waals surface area contributed by atoms with Gasteiger partial charge in [0.1, 0.15) is 6.04 Å². The summed E-state index contributed by atoms with van der Waals surface area (Å²) in [4.78, 5) is 3.36. The SMILES string of the molecule is CCNC1C(C)C(C(F)(F)F)N(C)C(C)N1C. The molecule has 17 heavy (non-hydrogen) atoms. The fourth-order valence-corrected chi connectivity index (χ4v) is 2.73. The quantitative estimate of drug-likeness (QED) is 0.808. The van der Waals surface area contributed by atoms with Crippen LogP contribution in [-0.4, -0.2) is 55.0 Å². The number of nitrogens with one attached hydrogen (secondary N) is 1. The van der Waals surface area contributed by atoms with Crippen LogP contribution in [0.3, 0.4) is 0 Å². The van der Waals surface area contributed by atoms with Gasteiger partial charge in [0.2, 0.25) is 0 Å². The standard InChI is InChI=1S/C11H22F3N3/c1-6-15-10-7(2)9(11(12,13)14)16(4)8(3)17(10)5/h7-10,15H,6H2,1-5H3. The van der Waals surface area contributed by atoms with E-state index in [0.29, 0.717) is 6.54 Å². The van der Waals surface area contributed by atoms with Gasteiger partial charge < -0.3 is 5.32 Å². The van der Waals surface area contributed by atoms with Gasteiger partial charge >= 0.3 is 6.18 Å². The summed E-state index contributed by atoms with van der Waals surface area (Å²) in [5.41, 5.74) is 0. The smallest absolute Gasteiger partial charge is 0.302 e. The zero-order valence-electron chi connectivity index (χ0n) is 11.0.